The van der Waals surface area contributed by atoms with Crippen LogP contribution in [0.25, 0.3) is 11.0 Å². The van der Waals surface area contributed by atoms with Crippen LogP contribution in [0.4, 0.5) is 0 Å². The van der Waals surface area contributed by atoms with Gasteiger partial charge in [-0.1, -0.05) is 0 Å². The number of pyridine rings is 1. The summed E-state index contributed by atoms with van der Waals surface area (Å²) in [6.07, 6.45) is 4.87. The van der Waals surface area contributed by atoms with Gasteiger partial charge >= 0.3 is 0 Å². The van der Waals surface area contributed by atoms with Gasteiger partial charge in [0.15, 0.2) is 5.43 Å². The van der Waals surface area contributed by atoms with E-state index in [1.54, 1.807) is 35.7 Å². The van der Waals surface area contributed by atoms with E-state index < -0.39 is 6.04 Å². The van der Waals surface area contributed by atoms with Gasteiger partial charge in [0.1, 0.15) is 11.3 Å². The molecule has 6 heteroatoms. The number of carbonyl (C=O) groups excluding carboxylic acids is 1. The molecule has 0 aliphatic carbocycles. The van der Waals surface area contributed by atoms with Gasteiger partial charge in [-0.3, -0.25) is 14.6 Å². The highest BCUT2D eigenvalue weighted by atomic mass is 16.3. The van der Waals surface area contributed by atoms with Gasteiger partial charge in [-0.25, -0.2) is 0 Å². The Hall–Kier alpha value is -3.67. The molecule has 4 aromatic rings. The first-order chi connectivity index (χ1) is 14.0. The highest BCUT2D eigenvalue weighted by Crippen LogP contribution is 2.39. The first-order valence-corrected chi connectivity index (χ1v) is 9.36. The van der Waals surface area contributed by atoms with Crippen LogP contribution in [0, 0.1) is 13.8 Å². The van der Waals surface area contributed by atoms with Gasteiger partial charge < -0.3 is 13.7 Å². The zero-order chi connectivity index (χ0) is 20.1. The van der Waals surface area contributed by atoms with E-state index in [2.05, 4.69) is 4.98 Å². The van der Waals surface area contributed by atoms with E-state index in [-0.39, 0.29) is 23.6 Å². The highest BCUT2D eigenvalue weighted by molar-refractivity contribution is 5.99. The molecule has 1 atom stereocenters. The molecule has 3 aromatic heterocycles. The molecule has 0 radical (unpaired) electrons. The van der Waals surface area contributed by atoms with Crippen LogP contribution in [0.15, 0.2) is 68.7 Å². The van der Waals surface area contributed by atoms with E-state index >= 15 is 0 Å². The normalized spacial score (nSPS) is 15.9. The van der Waals surface area contributed by atoms with Crippen molar-refractivity contribution < 1.29 is 13.6 Å². The second-order valence-electron chi connectivity index (χ2n) is 7.30. The average Bonchev–Trinajstić information content (AvgIpc) is 3.32. The maximum Gasteiger partial charge on any atom is 0.291 e. The minimum absolute atomic E-state index is 0.0964. The molecule has 0 N–H and O–H groups in total. The minimum Gasteiger partial charge on any atom is -0.467 e. The van der Waals surface area contributed by atoms with E-state index in [0.717, 1.165) is 16.7 Å². The third kappa shape index (κ3) is 2.68. The highest BCUT2D eigenvalue weighted by Gasteiger charge is 2.43. The zero-order valence-electron chi connectivity index (χ0n) is 16.0. The van der Waals surface area contributed by atoms with Gasteiger partial charge in [0.25, 0.3) is 5.91 Å². The van der Waals surface area contributed by atoms with Crippen LogP contribution >= 0.6 is 0 Å². The first kappa shape index (κ1) is 17.4. The van der Waals surface area contributed by atoms with Gasteiger partial charge in [0, 0.05) is 12.4 Å². The largest absolute Gasteiger partial charge is 0.467 e. The van der Waals surface area contributed by atoms with Gasteiger partial charge in [-0.15, -0.1) is 0 Å². The van der Waals surface area contributed by atoms with Crippen LogP contribution < -0.4 is 5.43 Å². The molecule has 5 rings (SSSR count). The fourth-order valence-electron chi connectivity index (χ4n) is 3.90. The van der Waals surface area contributed by atoms with Crippen LogP contribution in [0.5, 0.6) is 0 Å². The third-order valence-electron chi connectivity index (χ3n) is 5.51. The van der Waals surface area contributed by atoms with Crippen LogP contribution in [0.3, 0.4) is 0 Å². The molecule has 1 unspecified atom stereocenters. The predicted molar refractivity (Wildman–Crippen MR) is 107 cm³/mol. The van der Waals surface area contributed by atoms with E-state index in [9.17, 15) is 9.59 Å². The van der Waals surface area contributed by atoms with E-state index in [1.165, 1.54) is 0 Å². The number of benzene rings is 1. The lowest BCUT2D eigenvalue weighted by Gasteiger charge is -2.24. The summed E-state index contributed by atoms with van der Waals surface area (Å²) >= 11 is 0. The summed E-state index contributed by atoms with van der Waals surface area (Å²) in [7, 11) is 0. The Morgan fingerprint density at radius 3 is 2.55 bits per heavy atom. The van der Waals surface area contributed by atoms with Crippen molar-refractivity contribution in [2.24, 2.45) is 0 Å². The van der Waals surface area contributed by atoms with Gasteiger partial charge in [-0.05, 0) is 66.9 Å². The number of nitrogens with zero attached hydrogens (tertiary/aromatic N) is 2. The molecule has 1 aliphatic rings. The molecule has 144 valence electrons. The molecule has 0 saturated carbocycles. The van der Waals surface area contributed by atoms with E-state index in [0.29, 0.717) is 22.3 Å². The number of aryl methyl sites for hydroxylation is 2. The quantitative estimate of drug-likeness (QED) is 0.529. The molecule has 6 nitrogen and oxygen atoms in total. The molecule has 0 bridgehead atoms. The van der Waals surface area contributed by atoms with E-state index in [4.69, 9.17) is 8.83 Å². The summed E-state index contributed by atoms with van der Waals surface area (Å²) < 4.78 is 11.4. The lowest BCUT2D eigenvalue weighted by molar-refractivity contribution is 0.0701. The maximum atomic E-state index is 13.5. The Morgan fingerprint density at radius 1 is 1.07 bits per heavy atom. The molecule has 0 spiro atoms. The number of carbonyl (C=O) groups is 1. The molecule has 4 heterocycles. The molecule has 1 amide bonds. The minimum atomic E-state index is -0.562. The van der Waals surface area contributed by atoms with Crippen molar-refractivity contribution in [1.29, 1.82) is 0 Å². The fourth-order valence-corrected chi connectivity index (χ4v) is 3.90. The summed E-state index contributed by atoms with van der Waals surface area (Å²) in [5.74, 6) is 0.406. The third-order valence-corrected chi connectivity index (χ3v) is 5.51. The predicted octanol–water partition coefficient (Wildman–Crippen LogP) is 4.14. The summed E-state index contributed by atoms with van der Waals surface area (Å²) in [5, 5.41) is 0.485. The van der Waals surface area contributed by atoms with Crippen molar-refractivity contribution >= 4 is 16.9 Å². The van der Waals surface area contributed by atoms with E-state index in [1.807, 2.05) is 38.1 Å². The standard InChI is InChI=1S/C23H18N2O4/c1-13-10-17-18(11-14(13)2)29-22-19(21(17)26)20(15-5-7-24-8-6-15)25(23(22)27)12-16-4-3-9-28-16/h3-11,20H,12H2,1-2H3. The average molecular weight is 386 g/mol. The summed E-state index contributed by atoms with van der Waals surface area (Å²) in [4.78, 5) is 32.4. The smallest absolute Gasteiger partial charge is 0.291 e. The van der Waals surface area contributed by atoms with Crippen LogP contribution in [-0.2, 0) is 6.54 Å². The number of amides is 1. The number of fused-ring (bicyclic) bond motifs is 2. The maximum absolute atomic E-state index is 13.5. The number of hydrogen-bond donors (Lipinski definition) is 0. The van der Waals surface area contributed by atoms with Crippen molar-refractivity contribution in [3.63, 3.8) is 0 Å². The van der Waals surface area contributed by atoms with Crippen molar-refractivity contribution in [1.82, 2.24) is 9.88 Å². The van der Waals surface area contributed by atoms with Crippen LogP contribution in [0.2, 0.25) is 0 Å². The Morgan fingerprint density at radius 2 is 1.83 bits per heavy atom. The van der Waals surface area contributed by atoms with Gasteiger partial charge in [0.2, 0.25) is 5.76 Å². The van der Waals surface area contributed by atoms with Crippen molar-refractivity contribution in [2.75, 3.05) is 0 Å². The molecule has 1 aliphatic heterocycles. The summed E-state index contributed by atoms with van der Waals surface area (Å²) in [6, 6.07) is 10.3. The van der Waals surface area contributed by atoms with Crippen molar-refractivity contribution in [3.05, 3.63) is 99.1 Å². The SMILES string of the molecule is Cc1cc2oc3c(c(=O)c2cc1C)C(c1ccncc1)N(Cc1ccco1)C3=O. The summed E-state index contributed by atoms with van der Waals surface area (Å²) in [6.45, 7) is 4.14. The second kappa shape index (κ2) is 6.44. The molecule has 29 heavy (non-hydrogen) atoms. The Bertz CT molecular complexity index is 1290. The lowest BCUT2D eigenvalue weighted by atomic mass is 9.98. The Balaban J connectivity index is 1.77. The van der Waals surface area contributed by atoms with Gasteiger partial charge in [0.05, 0.1) is 29.8 Å². The van der Waals surface area contributed by atoms with Crippen LogP contribution in [-0.4, -0.2) is 15.8 Å². The Kier molecular flexibility index (Phi) is 3.87. The molecular formula is C23H18N2O4. The number of hydrogen-bond acceptors (Lipinski definition) is 5. The first-order valence-electron chi connectivity index (χ1n) is 9.36. The van der Waals surface area contributed by atoms with Crippen molar-refractivity contribution in [2.45, 2.75) is 26.4 Å². The monoisotopic (exact) mass is 386 g/mol. The molecule has 0 saturated heterocycles. The topological polar surface area (TPSA) is 76.6 Å². The molecule has 0 fully saturated rings. The summed E-state index contributed by atoms with van der Waals surface area (Å²) in [5.41, 5.74) is 3.42. The number of aromatic nitrogens is 1. The van der Waals surface area contributed by atoms with Crippen molar-refractivity contribution in [3.8, 4) is 0 Å². The fraction of sp³-hybridized carbons (Fsp3) is 0.174. The Labute approximate surface area is 166 Å². The number of furan rings is 1. The second-order valence-corrected chi connectivity index (χ2v) is 7.30. The zero-order valence-corrected chi connectivity index (χ0v) is 16.0. The molecular weight excluding hydrogens is 368 g/mol. The molecule has 1 aromatic carbocycles. The van der Waals surface area contributed by atoms with Crippen LogP contribution in [0.1, 0.15) is 44.6 Å². The van der Waals surface area contributed by atoms with Gasteiger partial charge in [-0.2, -0.15) is 0 Å². The lowest BCUT2D eigenvalue weighted by Crippen LogP contribution is -2.29. The number of rotatable bonds is 3.